The third kappa shape index (κ3) is 2.57. The maximum absolute atomic E-state index is 12.3. The van der Waals surface area contributed by atoms with E-state index in [1.165, 1.54) is 6.92 Å². The van der Waals surface area contributed by atoms with Crippen molar-refractivity contribution in [3.8, 4) is 0 Å². The maximum Gasteiger partial charge on any atom is 0.435 e. The molecule has 0 aliphatic rings. The summed E-state index contributed by atoms with van der Waals surface area (Å²) in [7, 11) is 0. The van der Waals surface area contributed by atoms with E-state index in [0.717, 1.165) is 10.7 Å². The molecule has 0 amide bonds. The molecule has 0 spiro atoms. The Morgan fingerprint density at radius 1 is 1.47 bits per heavy atom. The van der Waals surface area contributed by atoms with Gasteiger partial charge in [0.15, 0.2) is 5.69 Å². The molecule has 1 aromatic rings. The van der Waals surface area contributed by atoms with Crippen LogP contribution in [0.3, 0.4) is 0 Å². The van der Waals surface area contributed by atoms with Crippen LogP contribution in [0.5, 0.6) is 0 Å². The Balaban J connectivity index is 3.30. The Labute approximate surface area is 84.5 Å². The van der Waals surface area contributed by atoms with E-state index in [4.69, 9.17) is 0 Å². The molecule has 0 atom stereocenters. The summed E-state index contributed by atoms with van der Waals surface area (Å²) in [4.78, 5) is 11.4. The standard InChI is InChI=1S/C9H11F3N2O/c1-3-4-14-8(15)6(2)5-7(13-14)9(10,11)12/h5H,3-4H2,1-2H3. The van der Waals surface area contributed by atoms with E-state index in [1.54, 1.807) is 6.92 Å². The van der Waals surface area contributed by atoms with E-state index in [-0.39, 0.29) is 12.1 Å². The lowest BCUT2D eigenvalue weighted by Crippen LogP contribution is -2.28. The van der Waals surface area contributed by atoms with Crippen LogP contribution in [0.1, 0.15) is 24.6 Å². The van der Waals surface area contributed by atoms with E-state index in [0.29, 0.717) is 6.42 Å². The smallest absolute Gasteiger partial charge is 0.268 e. The zero-order valence-electron chi connectivity index (χ0n) is 8.43. The SMILES string of the molecule is CCCn1nc(C(F)(F)F)cc(C)c1=O. The zero-order chi connectivity index (χ0) is 11.6. The first kappa shape index (κ1) is 11.7. The van der Waals surface area contributed by atoms with Crippen molar-refractivity contribution in [1.82, 2.24) is 9.78 Å². The molecule has 0 aromatic carbocycles. The Hall–Kier alpha value is -1.33. The number of alkyl halides is 3. The largest absolute Gasteiger partial charge is 0.435 e. The minimum absolute atomic E-state index is 0.0609. The molecule has 0 unspecified atom stereocenters. The molecule has 0 aliphatic carbocycles. The molecule has 0 saturated carbocycles. The van der Waals surface area contributed by atoms with Crippen molar-refractivity contribution in [1.29, 1.82) is 0 Å². The van der Waals surface area contributed by atoms with E-state index in [9.17, 15) is 18.0 Å². The molecule has 1 rings (SSSR count). The minimum atomic E-state index is -4.51. The van der Waals surface area contributed by atoms with Gasteiger partial charge in [-0.1, -0.05) is 6.92 Å². The lowest BCUT2D eigenvalue weighted by molar-refractivity contribution is -0.142. The molecular formula is C9H11F3N2O. The average Bonchev–Trinajstić information content (AvgIpc) is 2.11. The van der Waals surface area contributed by atoms with Gasteiger partial charge in [0.1, 0.15) is 0 Å². The van der Waals surface area contributed by atoms with Crippen LogP contribution in [-0.2, 0) is 12.7 Å². The highest BCUT2D eigenvalue weighted by molar-refractivity contribution is 5.13. The van der Waals surface area contributed by atoms with Crippen molar-refractivity contribution in [2.75, 3.05) is 0 Å². The van der Waals surface area contributed by atoms with Crippen LogP contribution in [0.2, 0.25) is 0 Å². The van der Waals surface area contributed by atoms with Gasteiger partial charge < -0.3 is 0 Å². The van der Waals surface area contributed by atoms with Crippen molar-refractivity contribution in [2.45, 2.75) is 33.0 Å². The van der Waals surface area contributed by atoms with Gasteiger partial charge in [-0.15, -0.1) is 0 Å². The number of rotatable bonds is 2. The summed E-state index contributed by atoms with van der Waals surface area (Å²) >= 11 is 0. The fourth-order valence-corrected chi connectivity index (χ4v) is 1.18. The monoisotopic (exact) mass is 220 g/mol. The molecule has 0 N–H and O–H groups in total. The molecule has 3 nitrogen and oxygen atoms in total. The first-order valence-corrected chi connectivity index (χ1v) is 4.52. The van der Waals surface area contributed by atoms with Crippen LogP contribution in [0.4, 0.5) is 13.2 Å². The van der Waals surface area contributed by atoms with Gasteiger partial charge in [0.2, 0.25) is 0 Å². The van der Waals surface area contributed by atoms with Crippen LogP contribution in [0.15, 0.2) is 10.9 Å². The van der Waals surface area contributed by atoms with Crippen LogP contribution in [0.25, 0.3) is 0 Å². The van der Waals surface area contributed by atoms with Gasteiger partial charge in [-0.25, -0.2) is 4.68 Å². The predicted molar refractivity (Wildman–Crippen MR) is 48.5 cm³/mol. The molecule has 0 fully saturated rings. The van der Waals surface area contributed by atoms with E-state index < -0.39 is 17.4 Å². The second-order valence-electron chi connectivity index (χ2n) is 3.24. The van der Waals surface area contributed by atoms with Crippen molar-refractivity contribution < 1.29 is 13.2 Å². The molecular weight excluding hydrogens is 209 g/mol. The van der Waals surface area contributed by atoms with Gasteiger partial charge in [0.25, 0.3) is 5.56 Å². The highest BCUT2D eigenvalue weighted by Gasteiger charge is 2.33. The van der Waals surface area contributed by atoms with Gasteiger partial charge in [-0.3, -0.25) is 4.79 Å². The summed E-state index contributed by atoms with van der Waals surface area (Å²) < 4.78 is 37.9. The Morgan fingerprint density at radius 3 is 2.53 bits per heavy atom. The van der Waals surface area contributed by atoms with Crippen molar-refractivity contribution in [2.24, 2.45) is 0 Å². The molecule has 1 heterocycles. The Kier molecular flexibility index (Phi) is 3.16. The van der Waals surface area contributed by atoms with Crippen LogP contribution >= 0.6 is 0 Å². The number of aryl methyl sites for hydroxylation is 2. The molecule has 15 heavy (non-hydrogen) atoms. The molecule has 0 saturated heterocycles. The van der Waals surface area contributed by atoms with Gasteiger partial charge in [-0.2, -0.15) is 18.3 Å². The second-order valence-corrected chi connectivity index (χ2v) is 3.24. The number of halogens is 3. The number of hydrogen-bond donors (Lipinski definition) is 0. The predicted octanol–water partition coefficient (Wildman–Crippen LogP) is 1.98. The highest BCUT2D eigenvalue weighted by Crippen LogP contribution is 2.26. The molecule has 6 heteroatoms. The lowest BCUT2D eigenvalue weighted by Gasteiger charge is -2.09. The summed E-state index contributed by atoms with van der Waals surface area (Å²) in [5.74, 6) is 0. The van der Waals surface area contributed by atoms with Crippen molar-refractivity contribution >= 4 is 0 Å². The summed E-state index contributed by atoms with van der Waals surface area (Å²) in [5, 5.41) is 3.27. The Morgan fingerprint density at radius 2 is 2.07 bits per heavy atom. The van der Waals surface area contributed by atoms with Crippen LogP contribution in [0, 0.1) is 6.92 Å². The van der Waals surface area contributed by atoms with E-state index in [2.05, 4.69) is 5.10 Å². The lowest BCUT2D eigenvalue weighted by atomic mass is 10.2. The third-order valence-corrected chi connectivity index (χ3v) is 1.88. The van der Waals surface area contributed by atoms with Crippen LogP contribution in [-0.4, -0.2) is 9.78 Å². The normalized spacial score (nSPS) is 11.8. The molecule has 1 aromatic heterocycles. The quantitative estimate of drug-likeness (QED) is 0.763. The first-order chi connectivity index (χ1) is 6.86. The fraction of sp³-hybridized carbons (Fsp3) is 0.556. The highest BCUT2D eigenvalue weighted by atomic mass is 19.4. The van der Waals surface area contributed by atoms with Gasteiger partial charge in [-0.05, 0) is 19.4 Å². The van der Waals surface area contributed by atoms with Gasteiger partial charge >= 0.3 is 6.18 Å². The number of hydrogen-bond acceptors (Lipinski definition) is 2. The summed E-state index contributed by atoms with van der Waals surface area (Å²) in [6, 6.07) is 0.772. The summed E-state index contributed by atoms with van der Waals surface area (Å²) in [6.07, 6.45) is -3.94. The molecule has 0 aliphatic heterocycles. The molecule has 84 valence electrons. The number of aromatic nitrogens is 2. The zero-order valence-corrected chi connectivity index (χ0v) is 8.43. The average molecular weight is 220 g/mol. The number of nitrogens with zero attached hydrogens (tertiary/aromatic N) is 2. The summed E-state index contributed by atoms with van der Waals surface area (Å²) in [6.45, 7) is 3.32. The van der Waals surface area contributed by atoms with E-state index in [1.807, 2.05) is 0 Å². The maximum atomic E-state index is 12.3. The van der Waals surface area contributed by atoms with E-state index >= 15 is 0 Å². The van der Waals surface area contributed by atoms with Crippen LogP contribution < -0.4 is 5.56 Å². The minimum Gasteiger partial charge on any atom is -0.268 e. The van der Waals surface area contributed by atoms with Crippen molar-refractivity contribution in [3.05, 3.63) is 27.7 Å². The fourth-order valence-electron chi connectivity index (χ4n) is 1.18. The van der Waals surface area contributed by atoms with Gasteiger partial charge in [0, 0.05) is 12.1 Å². The summed E-state index contributed by atoms with van der Waals surface area (Å²) in [5.41, 5.74) is -1.43. The topological polar surface area (TPSA) is 34.9 Å². The first-order valence-electron chi connectivity index (χ1n) is 4.52. The van der Waals surface area contributed by atoms with Crippen molar-refractivity contribution in [3.63, 3.8) is 0 Å². The van der Waals surface area contributed by atoms with Gasteiger partial charge in [0.05, 0.1) is 0 Å². The molecule has 0 bridgehead atoms. The molecule has 0 radical (unpaired) electrons. The third-order valence-electron chi connectivity index (χ3n) is 1.88. The second kappa shape index (κ2) is 4.04. The Bertz CT molecular complexity index is 409.